The van der Waals surface area contributed by atoms with Crippen LogP contribution in [-0.4, -0.2) is 33.1 Å². The van der Waals surface area contributed by atoms with Crippen molar-refractivity contribution in [3.05, 3.63) is 0 Å². The third kappa shape index (κ3) is 51.8. The maximum atomic E-state index is 10.1. The molecule has 0 aliphatic rings. The molecule has 160 valence electrons. The van der Waals surface area contributed by atoms with Gasteiger partial charge in [-0.2, -0.15) is 0 Å². The summed E-state index contributed by atoms with van der Waals surface area (Å²) in [6.45, 7) is 7.78. The van der Waals surface area contributed by atoms with Crippen LogP contribution in [0.5, 0.6) is 0 Å². The van der Waals surface area contributed by atoms with Crippen molar-refractivity contribution in [3.63, 3.8) is 0 Å². The van der Waals surface area contributed by atoms with Crippen LogP contribution in [-0.2, 0) is 9.59 Å². The monoisotopic (exact) mass is 492 g/mol. The van der Waals surface area contributed by atoms with Gasteiger partial charge in [-0.25, -0.2) is 0 Å². The van der Waals surface area contributed by atoms with Gasteiger partial charge in [0.15, 0.2) is 0 Å². The van der Waals surface area contributed by atoms with Crippen molar-refractivity contribution in [2.45, 2.75) is 126 Å². The number of unbranched alkanes of at least 4 members (excludes halogenated alkanes) is 10. The van der Waals surface area contributed by atoms with E-state index in [2.05, 4.69) is 20.8 Å². The van der Waals surface area contributed by atoms with E-state index in [9.17, 15) is 9.90 Å². The molecule has 0 N–H and O–H groups in total. The Bertz CT molecular complexity index is 286. The molecule has 0 atom stereocenters. The van der Waals surface area contributed by atoms with Crippen molar-refractivity contribution in [1.82, 2.24) is 0 Å². The molecule has 0 rings (SSSR count). The van der Waals surface area contributed by atoms with E-state index in [0.29, 0.717) is 0 Å². The number of aliphatic carboxylic acids is 2. The molecule has 0 fully saturated rings. The third-order valence-electron chi connectivity index (χ3n) is 3.90. The number of carboxylic acid groups (broad SMARTS) is 2. The Morgan fingerprint density at radius 3 is 1.30 bits per heavy atom. The molecule has 4 nitrogen and oxygen atoms in total. The number of carbonyl (C=O) groups is 2. The molecule has 5 heteroatoms. The Morgan fingerprint density at radius 1 is 0.630 bits per heavy atom. The van der Waals surface area contributed by atoms with Crippen LogP contribution >= 0.6 is 0 Å². The quantitative estimate of drug-likeness (QED) is 0.235. The van der Waals surface area contributed by atoms with Crippen LogP contribution in [0.3, 0.4) is 0 Å². The summed E-state index contributed by atoms with van der Waals surface area (Å²) in [5.41, 5.74) is 0. The number of hydrogen-bond donors (Lipinski definition) is 0. The zero-order valence-corrected chi connectivity index (χ0v) is 21.3. The second-order valence-electron chi connectivity index (χ2n) is 6.90. The van der Waals surface area contributed by atoms with Crippen molar-refractivity contribution in [2.75, 3.05) is 0 Å². The van der Waals surface area contributed by atoms with Gasteiger partial charge in [0.25, 0.3) is 0 Å². The number of carbonyl (C=O) groups excluding carboxylic acids is 2. The predicted molar refractivity (Wildman–Crippen MR) is 113 cm³/mol. The molecule has 0 heterocycles. The molecule has 0 spiro atoms. The van der Waals surface area contributed by atoms with Crippen LogP contribution in [0.15, 0.2) is 0 Å². The second kappa shape index (κ2) is 30.5. The predicted octanol–water partition coefficient (Wildman–Crippen LogP) is 4.54. The standard InChI is InChI=1S/C12H24O2.2C4H9.C2H4O2.Sn/c1-2-3-4-5-6-7-8-9-10-11-12(13)14;2*1-3-4-2;1-2(3)4;/h2-11H2,1H3,(H,13,14);2*1,3-4H2,2H3;1H3,(H,3,4);/q;;;;+2/p-2. The number of rotatable bonds is 16. The average Bonchev–Trinajstić information content (AvgIpc) is 2.60. The molecule has 0 aromatic heterocycles. The zero-order chi connectivity index (χ0) is 21.2. The maximum absolute atomic E-state index is 10.1. The van der Waals surface area contributed by atoms with Gasteiger partial charge >= 0.3 is 69.5 Å². The first-order valence-electron chi connectivity index (χ1n) is 11.0. The molecule has 0 aromatic carbocycles. The van der Waals surface area contributed by atoms with Gasteiger partial charge in [0.05, 0.1) is 0 Å². The van der Waals surface area contributed by atoms with Gasteiger partial charge < -0.3 is 19.8 Å². The number of carboxylic acids is 2. The zero-order valence-electron chi connectivity index (χ0n) is 18.4. The summed E-state index contributed by atoms with van der Waals surface area (Å²) in [7, 11) is 0. The van der Waals surface area contributed by atoms with Gasteiger partial charge in [-0.3, -0.25) is 0 Å². The van der Waals surface area contributed by atoms with Gasteiger partial charge in [-0.1, -0.05) is 58.3 Å². The van der Waals surface area contributed by atoms with Crippen LogP contribution in [0.4, 0.5) is 0 Å². The summed E-state index contributed by atoms with van der Waals surface area (Å²) >= 11 is 0.149. The van der Waals surface area contributed by atoms with Gasteiger partial charge in [-0.05, 0) is 19.8 Å². The van der Waals surface area contributed by atoms with Gasteiger partial charge in [-0.15, -0.1) is 0 Å². The van der Waals surface area contributed by atoms with Crippen molar-refractivity contribution in [3.8, 4) is 0 Å². The van der Waals surface area contributed by atoms with E-state index in [4.69, 9.17) is 9.90 Å². The molecule has 0 aliphatic carbocycles. The fourth-order valence-electron chi connectivity index (χ4n) is 2.31. The summed E-state index contributed by atoms with van der Waals surface area (Å²) < 4.78 is 3.25. The first kappa shape index (κ1) is 31.4. The summed E-state index contributed by atoms with van der Waals surface area (Å²) in [5.74, 6) is -1.99. The Balaban J connectivity index is -0.000000378. The second-order valence-corrected chi connectivity index (χ2v) is 11.2. The summed E-state index contributed by atoms with van der Waals surface area (Å²) in [4.78, 5) is 19.0. The third-order valence-corrected chi connectivity index (χ3v) is 7.93. The Hall–Kier alpha value is -0.261. The van der Waals surface area contributed by atoms with Crippen LogP contribution in [0, 0.1) is 0 Å². The molecule has 0 aromatic rings. The van der Waals surface area contributed by atoms with E-state index in [1.807, 2.05) is 0 Å². The topological polar surface area (TPSA) is 80.3 Å². The van der Waals surface area contributed by atoms with Crippen LogP contribution in [0.2, 0.25) is 8.87 Å². The van der Waals surface area contributed by atoms with Gasteiger partial charge in [0.1, 0.15) is 0 Å². The summed E-state index contributed by atoms with van der Waals surface area (Å²) in [6, 6.07) is 0. The first-order valence-corrected chi connectivity index (χ1v) is 15.0. The first-order chi connectivity index (χ1) is 12.9. The molecule has 0 bridgehead atoms. The molecule has 0 radical (unpaired) electrons. The molecule has 27 heavy (non-hydrogen) atoms. The van der Waals surface area contributed by atoms with E-state index in [1.54, 1.807) is 8.87 Å². The van der Waals surface area contributed by atoms with Crippen LogP contribution < -0.4 is 10.2 Å². The van der Waals surface area contributed by atoms with E-state index in [-0.39, 0.29) is 27.6 Å². The molecule has 0 saturated heterocycles. The molecule has 0 saturated carbocycles. The van der Waals surface area contributed by atoms with Gasteiger partial charge in [0, 0.05) is 11.9 Å². The molecule has 0 amide bonds. The molecular formula is C22H44O4Sn. The van der Waals surface area contributed by atoms with Gasteiger partial charge in [0.2, 0.25) is 0 Å². The van der Waals surface area contributed by atoms with Crippen molar-refractivity contribution < 1.29 is 19.8 Å². The van der Waals surface area contributed by atoms with E-state index in [0.717, 1.165) is 19.8 Å². The fraction of sp³-hybridized carbons (Fsp3) is 0.909. The van der Waals surface area contributed by atoms with Crippen LogP contribution in [0.25, 0.3) is 0 Å². The SMILES string of the molecule is CC(=O)[O-].CCCCCCCCCCCC(=O)[O-].CCC[CH2][Sn+2][CH2]CCC. The van der Waals surface area contributed by atoms with E-state index in [1.165, 1.54) is 70.6 Å². The minimum atomic E-state index is -1.08. The van der Waals surface area contributed by atoms with E-state index < -0.39 is 11.9 Å². The number of hydrogen-bond acceptors (Lipinski definition) is 4. The fourth-order valence-corrected chi connectivity index (χ4v) is 6.47. The Morgan fingerprint density at radius 2 is 0.963 bits per heavy atom. The average molecular weight is 491 g/mol. The van der Waals surface area contributed by atoms with Crippen molar-refractivity contribution in [1.29, 1.82) is 0 Å². The van der Waals surface area contributed by atoms with E-state index >= 15 is 0 Å². The normalized spacial score (nSPS) is 9.33. The molecular weight excluding hydrogens is 447 g/mol. The Labute approximate surface area is 179 Å². The van der Waals surface area contributed by atoms with Crippen molar-refractivity contribution in [2.24, 2.45) is 0 Å². The molecule has 0 unspecified atom stereocenters. The van der Waals surface area contributed by atoms with Crippen LogP contribution in [0.1, 0.15) is 118 Å². The minimum absolute atomic E-state index is 0.149. The summed E-state index contributed by atoms with van der Waals surface area (Å²) in [5, 5.41) is 19.0. The van der Waals surface area contributed by atoms with Crippen molar-refractivity contribution >= 4 is 33.1 Å². The Kier molecular flexibility index (Phi) is 35.5. The molecule has 0 aliphatic heterocycles. The summed E-state index contributed by atoms with van der Waals surface area (Å²) in [6.07, 6.45) is 17.0.